The van der Waals surface area contributed by atoms with E-state index in [4.69, 9.17) is 9.84 Å². The molecule has 2 unspecified atom stereocenters. The van der Waals surface area contributed by atoms with Crippen LogP contribution < -0.4 is 10.6 Å². The van der Waals surface area contributed by atoms with Crippen molar-refractivity contribution in [3.8, 4) is 0 Å². The number of rotatable bonds is 8. The molecule has 0 radical (unpaired) electrons. The van der Waals surface area contributed by atoms with Gasteiger partial charge in [0, 0.05) is 13.5 Å². The van der Waals surface area contributed by atoms with Crippen molar-refractivity contribution >= 4 is 11.9 Å². The summed E-state index contributed by atoms with van der Waals surface area (Å²) in [5, 5.41) is 43.2. The third kappa shape index (κ3) is 5.06. The molecular weight excluding hydrogens is 394 g/mol. The summed E-state index contributed by atoms with van der Waals surface area (Å²) < 4.78 is 34.6. The molecule has 162 valence electrons. The lowest BCUT2D eigenvalue weighted by Crippen LogP contribution is -2.74. The molecule has 1 aliphatic heterocycles. The average molecular weight is 418 g/mol. The first-order chi connectivity index (χ1) is 13.6. The van der Waals surface area contributed by atoms with Gasteiger partial charge in [-0.3, -0.25) is 4.79 Å². The number of carbonyl (C=O) groups is 2. The van der Waals surface area contributed by atoms with Crippen molar-refractivity contribution in [2.45, 2.75) is 55.9 Å². The Labute approximate surface area is 165 Å². The Morgan fingerprint density at radius 2 is 1.86 bits per heavy atom. The van der Waals surface area contributed by atoms with Crippen molar-refractivity contribution in [2.75, 3.05) is 6.61 Å². The Bertz CT molecular complexity index is 711. The van der Waals surface area contributed by atoms with Gasteiger partial charge < -0.3 is 35.8 Å². The predicted octanol–water partition coefficient (Wildman–Crippen LogP) is -1.15. The highest BCUT2D eigenvalue weighted by Crippen LogP contribution is 2.36. The van der Waals surface area contributed by atoms with E-state index in [1.165, 1.54) is 0 Å². The molecule has 0 aliphatic carbocycles. The second-order valence-electron chi connectivity index (χ2n) is 6.79. The van der Waals surface area contributed by atoms with E-state index in [1.807, 2.05) is 0 Å². The van der Waals surface area contributed by atoms with Crippen LogP contribution in [0.15, 0.2) is 30.3 Å². The number of aliphatic hydroxyl groups excluding tert-OH is 3. The van der Waals surface area contributed by atoms with E-state index in [2.05, 4.69) is 10.6 Å². The molecular formula is C18H24F2N2O7. The number of carboxylic acid groups (broad SMARTS) is 1. The fraction of sp³-hybridized carbons (Fsp3) is 0.556. The maximum absolute atomic E-state index is 15.0. The summed E-state index contributed by atoms with van der Waals surface area (Å²) in [5.41, 5.74) is 0.667. The Balaban J connectivity index is 2.41. The molecule has 11 heteroatoms. The van der Waals surface area contributed by atoms with Crippen LogP contribution in [0.2, 0.25) is 0 Å². The zero-order valence-corrected chi connectivity index (χ0v) is 15.5. The lowest BCUT2D eigenvalue weighted by Gasteiger charge is -2.47. The normalized spacial score (nSPS) is 31.7. The molecule has 6 N–H and O–H groups in total. The zero-order chi connectivity index (χ0) is 21.8. The van der Waals surface area contributed by atoms with Gasteiger partial charge in [0.25, 0.3) is 0 Å². The smallest absolute Gasteiger partial charge is 0.372 e. The Hall–Kier alpha value is -2.18. The number of benzene rings is 1. The van der Waals surface area contributed by atoms with E-state index >= 15 is 0 Å². The lowest BCUT2D eigenvalue weighted by atomic mass is 9.85. The summed E-state index contributed by atoms with van der Waals surface area (Å²) >= 11 is 0. The first kappa shape index (κ1) is 23.1. The summed E-state index contributed by atoms with van der Waals surface area (Å²) in [7, 11) is 0. The van der Waals surface area contributed by atoms with Crippen LogP contribution in [0, 0.1) is 0 Å². The molecule has 1 aromatic rings. The summed E-state index contributed by atoms with van der Waals surface area (Å²) in [6, 6.07) is 5.45. The third-order valence-electron chi connectivity index (χ3n) is 4.68. The maximum atomic E-state index is 15.0. The molecule has 0 bridgehead atoms. The van der Waals surface area contributed by atoms with Crippen LogP contribution in [0.5, 0.6) is 0 Å². The number of halogens is 2. The number of carboxylic acids is 1. The zero-order valence-electron chi connectivity index (χ0n) is 15.5. The molecule has 1 saturated heterocycles. The average Bonchev–Trinajstić information content (AvgIpc) is 2.69. The van der Waals surface area contributed by atoms with Gasteiger partial charge in [0.1, 0.15) is 18.3 Å². The SMILES string of the molecule is CC(=O)N[C@H]1C([C@H](O)[C@H](O)CO)O[C@@](F)(C(=O)O)C(F)[C@H]1NCc1ccccc1. The molecule has 7 atom stereocenters. The van der Waals surface area contributed by atoms with E-state index in [9.17, 15) is 33.7 Å². The predicted molar refractivity (Wildman–Crippen MR) is 95.0 cm³/mol. The van der Waals surface area contributed by atoms with Crippen LogP contribution in [0.3, 0.4) is 0 Å². The minimum absolute atomic E-state index is 0.0108. The highest BCUT2D eigenvalue weighted by Gasteiger charge is 2.62. The van der Waals surface area contributed by atoms with E-state index in [1.54, 1.807) is 30.3 Å². The van der Waals surface area contributed by atoms with Crippen molar-refractivity contribution in [3.05, 3.63) is 35.9 Å². The Morgan fingerprint density at radius 3 is 2.38 bits per heavy atom. The van der Waals surface area contributed by atoms with Gasteiger partial charge in [-0.25, -0.2) is 9.18 Å². The molecule has 1 fully saturated rings. The van der Waals surface area contributed by atoms with Crippen LogP contribution in [-0.4, -0.2) is 81.3 Å². The molecule has 1 aliphatic rings. The summed E-state index contributed by atoms with van der Waals surface area (Å²) in [4.78, 5) is 23.0. The van der Waals surface area contributed by atoms with Crippen molar-refractivity contribution in [1.82, 2.24) is 10.6 Å². The van der Waals surface area contributed by atoms with Crippen molar-refractivity contribution < 1.29 is 43.5 Å². The molecule has 0 spiro atoms. The minimum Gasteiger partial charge on any atom is -0.477 e. The summed E-state index contributed by atoms with van der Waals surface area (Å²) in [6.07, 6.45) is -8.50. The quantitative estimate of drug-likeness (QED) is 0.310. The Morgan fingerprint density at radius 1 is 1.24 bits per heavy atom. The number of alkyl halides is 2. The Kier molecular flexibility index (Phi) is 7.60. The molecule has 1 amide bonds. The fourth-order valence-corrected chi connectivity index (χ4v) is 3.20. The highest BCUT2D eigenvalue weighted by molar-refractivity contribution is 5.77. The van der Waals surface area contributed by atoms with Gasteiger partial charge in [0.2, 0.25) is 5.91 Å². The first-order valence-corrected chi connectivity index (χ1v) is 8.87. The number of carbonyl (C=O) groups excluding carboxylic acids is 1. The van der Waals surface area contributed by atoms with Crippen molar-refractivity contribution in [1.29, 1.82) is 0 Å². The summed E-state index contributed by atoms with van der Waals surface area (Å²) in [6.45, 7) is 0.117. The van der Waals surface area contributed by atoms with E-state index in [0.29, 0.717) is 5.56 Å². The van der Waals surface area contributed by atoms with Crippen molar-refractivity contribution in [2.24, 2.45) is 0 Å². The molecule has 1 heterocycles. The van der Waals surface area contributed by atoms with E-state index in [0.717, 1.165) is 6.92 Å². The van der Waals surface area contributed by atoms with E-state index < -0.39 is 60.9 Å². The largest absolute Gasteiger partial charge is 0.477 e. The molecule has 0 saturated carbocycles. The van der Waals surface area contributed by atoms with E-state index in [-0.39, 0.29) is 6.54 Å². The lowest BCUT2D eigenvalue weighted by molar-refractivity contribution is -0.278. The van der Waals surface area contributed by atoms with Gasteiger partial charge in [-0.15, -0.1) is 0 Å². The van der Waals surface area contributed by atoms with Gasteiger partial charge in [0.15, 0.2) is 6.17 Å². The standard InChI is InChI=1S/C18H24F2N2O7/c1-9(24)22-12-13(21-7-10-5-3-2-4-6-10)16(19)18(20,17(27)28)29-15(12)14(26)11(25)8-23/h2-6,11-16,21,23,25-26H,7-8H2,1H3,(H,22,24)(H,27,28)/t11-,12-,13+,14-,15?,16?,18-/m1/s1. The molecule has 2 rings (SSSR count). The van der Waals surface area contributed by atoms with Crippen LogP contribution in [0.25, 0.3) is 0 Å². The van der Waals surface area contributed by atoms with Crippen molar-refractivity contribution in [3.63, 3.8) is 0 Å². The summed E-state index contributed by atoms with van der Waals surface area (Å²) in [5.74, 6) is -6.81. The fourth-order valence-electron chi connectivity index (χ4n) is 3.20. The van der Waals surface area contributed by atoms with Gasteiger partial charge >= 0.3 is 11.8 Å². The topological polar surface area (TPSA) is 148 Å². The highest BCUT2D eigenvalue weighted by atomic mass is 19.2. The number of nitrogens with one attached hydrogen (secondary N) is 2. The number of aliphatic hydroxyl groups is 3. The second kappa shape index (κ2) is 9.55. The van der Waals surface area contributed by atoms with Crippen LogP contribution in [-0.2, 0) is 20.9 Å². The second-order valence-corrected chi connectivity index (χ2v) is 6.79. The monoisotopic (exact) mass is 418 g/mol. The minimum atomic E-state index is -3.86. The molecule has 29 heavy (non-hydrogen) atoms. The molecule has 0 aromatic heterocycles. The van der Waals surface area contributed by atoms with Crippen LogP contribution >= 0.6 is 0 Å². The number of amides is 1. The van der Waals surface area contributed by atoms with Crippen LogP contribution in [0.4, 0.5) is 8.78 Å². The number of hydrogen-bond acceptors (Lipinski definition) is 7. The first-order valence-electron chi connectivity index (χ1n) is 8.87. The number of aliphatic carboxylic acids is 1. The van der Waals surface area contributed by atoms with Gasteiger partial charge in [-0.05, 0) is 5.56 Å². The molecule has 1 aromatic carbocycles. The third-order valence-corrected chi connectivity index (χ3v) is 4.68. The van der Waals surface area contributed by atoms with Gasteiger partial charge in [-0.1, -0.05) is 30.3 Å². The van der Waals surface area contributed by atoms with Crippen LogP contribution in [0.1, 0.15) is 12.5 Å². The maximum Gasteiger partial charge on any atom is 0.372 e. The van der Waals surface area contributed by atoms with Gasteiger partial charge in [-0.2, -0.15) is 4.39 Å². The number of ether oxygens (including phenoxy) is 1. The van der Waals surface area contributed by atoms with Gasteiger partial charge in [0.05, 0.1) is 18.7 Å². The molecule has 9 nitrogen and oxygen atoms in total. The number of hydrogen-bond donors (Lipinski definition) is 6.